The number of methoxy groups -OCH3 is 1. The number of aromatic nitrogens is 1. The molecule has 1 aromatic heterocycles. The van der Waals surface area contributed by atoms with Crippen molar-refractivity contribution >= 4 is 22.6 Å². The fourth-order valence-electron chi connectivity index (χ4n) is 2.35. The summed E-state index contributed by atoms with van der Waals surface area (Å²) >= 11 is 0. The van der Waals surface area contributed by atoms with Crippen LogP contribution in [0.15, 0.2) is 60.8 Å². The number of fused-ring (bicyclic) bond motifs is 1. The number of carbonyl (C=O) groups is 1. The predicted molar refractivity (Wildman–Crippen MR) is 86.9 cm³/mol. The van der Waals surface area contributed by atoms with Gasteiger partial charge in [0.15, 0.2) is 0 Å². The third-order valence-corrected chi connectivity index (χ3v) is 3.51. The van der Waals surface area contributed by atoms with Crippen LogP contribution in [-0.2, 0) is 11.3 Å². The minimum atomic E-state index is -0.329. The van der Waals surface area contributed by atoms with Crippen LogP contribution >= 0.6 is 0 Å². The zero-order valence-corrected chi connectivity index (χ0v) is 12.2. The number of anilines is 1. The Morgan fingerprint density at radius 2 is 1.86 bits per heavy atom. The number of pyridine rings is 1. The molecule has 0 spiro atoms. The number of rotatable bonds is 4. The van der Waals surface area contributed by atoms with Crippen LogP contribution in [0.2, 0.25) is 0 Å². The molecule has 0 fully saturated rings. The molecule has 110 valence electrons. The Morgan fingerprint density at radius 1 is 1.09 bits per heavy atom. The van der Waals surface area contributed by atoms with Crippen molar-refractivity contribution in [3.8, 4) is 0 Å². The molecule has 1 N–H and O–H groups in total. The minimum absolute atomic E-state index is 0.329. The van der Waals surface area contributed by atoms with Crippen molar-refractivity contribution in [1.29, 1.82) is 0 Å². The maximum Gasteiger partial charge on any atom is 0.337 e. The molecule has 0 atom stereocenters. The number of benzene rings is 2. The Bertz CT molecular complexity index is 792. The molecule has 0 radical (unpaired) electrons. The third kappa shape index (κ3) is 2.91. The number of ether oxygens (including phenoxy) is 1. The van der Waals surface area contributed by atoms with Gasteiger partial charge in [-0.15, -0.1) is 0 Å². The molecule has 0 saturated heterocycles. The van der Waals surface area contributed by atoms with E-state index >= 15 is 0 Å². The van der Waals surface area contributed by atoms with Gasteiger partial charge in [-0.1, -0.05) is 24.3 Å². The number of carbonyl (C=O) groups excluding carboxylic acids is 1. The van der Waals surface area contributed by atoms with Crippen molar-refractivity contribution in [3.05, 3.63) is 71.9 Å². The summed E-state index contributed by atoms with van der Waals surface area (Å²) < 4.78 is 4.69. The summed E-state index contributed by atoms with van der Waals surface area (Å²) in [6.07, 6.45) is 1.80. The summed E-state index contributed by atoms with van der Waals surface area (Å²) in [5.74, 6) is -0.329. The second kappa shape index (κ2) is 6.26. The van der Waals surface area contributed by atoms with Crippen molar-refractivity contribution in [1.82, 2.24) is 4.98 Å². The van der Waals surface area contributed by atoms with Crippen LogP contribution in [0.1, 0.15) is 15.9 Å². The lowest BCUT2D eigenvalue weighted by Crippen LogP contribution is -2.03. The first kappa shape index (κ1) is 14.1. The first-order valence-corrected chi connectivity index (χ1v) is 7.03. The lowest BCUT2D eigenvalue weighted by molar-refractivity contribution is 0.0601. The molecule has 0 saturated carbocycles. The van der Waals surface area contributed by atoms with Gasteiger partial charge >= 0.3 is 5.97 Å². The van der Waals surface area contributed by atoms with Crippen molar-refractivity contribution < 1.29 is 9.53 Å². The van der Waals surface area contributed by atoms with Gasteiger partial charge in [0.25, 0.3) is 0 Å². The summed E-state index contributed by atoms with van der Waals surface area (Å²) in [6.45, 7) is 0.673. The van der Waals surface area contributed by atoms with Gasteiger partial charge in [0, 0.05) is 23.8 Å². The Labute approximate surface area is 128 Å². The topological polar surface area (TPSA) is 51.2 Å². The van der Waals surface area contributed by atoms with E-state index in [1.165, 1.54) is 7.11 Å². The molecule has 0 aliphatic rings. The molecule has 0 aliphatic heterocycles. The quantitative estimate of drug-likeness (QED) is 0.746. The largest absolute Gasteiger partial charge is 0.465 e. The second-order valence-electron chi connectivity index (χ2n) is 4.91. The molecular weight excluding hydrogens is 276 g/mol. The van der Waals surface area contributed by atoms with Gasteiger partial charge in [0.1, 0.15) is 0 Å². The molecule has 4 heteroatoms. The molecule has 0 bridgehead atoms. The van der Waals surface area contributed by atoms with E-state index in [4.69, 9.17) is 0 Å². The van der Waals surface area contributed by atoms with E-state index in [0.29, 0.717) is 12.1 Å². The maximum atomic E-state index is 11.4. The average Bonchev–Trinajstić information content (AvgIpc) is 2.59. The van der Waals surface area contributed by atoms with E-state index in [0.717, 1.165) is 22.2 Å². The van der Waals surface area contributed by atoms with Crippen molar-refractivity contribution in [2.24, 2.45) is 0 Å². The van der Waals surface area contributed by atoms with Gasteiger partial charge in [-0.25, -0.2) is 4.79 Å². The number of esters is 1. The summed E-state index contributed by atoms with van der Waals surface area (Å²) in [6, 6.07) is 17.4. The van der Waals surface area contributed by atoms with Gasteiger partial charge in [-0.2, -0.15) is 0 Å². The molecule has 4 nitrogen and oxygen atoms in total. The zero-order chi connectivity index (χ0) is 15.4. The minimum Gasteiger partial charge on any atom is -0.465 e. The maximum absolute atomic E-state index is 11.4. The van der Waals surface area contributed by atoms with E-state index in [1.54, 1.807) is 18.3 Å². The van der Waals surface area contributed by atoms with E-state index in [1.807, 2.05) is 24.3 Å². The highest BCUT2D eigenvalue weighted by atomic mass is 16.5. The molecule has 0 amide bonds. The normalized spacial score (nSPS) is 10.4. The lowest BCUT2D eigenvalue weighted by Gasteiger charge is -2.09. The second-order valence-corrected chi connectivity index (χ2v) is 4.91. The highest BCUT2D eigenvalue weighted by Crippen LogP contribution is 2.18. The van der Waals surface area contributed by atoms with Gasteiger partial charge < -0.3 is 10.1 Å². The lowest BCUT2D eigenvalue weighted by atomic mass is 10.1. The van der Waals surface area contributed by atoms with Crippen LogP contribution < -0.4 is 5.32 Å². The number of nitrogens with zero attached hydrogens (tertiary/aromatic N) is 1. The van der Waals surface area contributed by atoms with Gasteiger partial charge in [-0.05, 0) is 35.9 Å². The van der Waals surface area contributed by atoms with E-state index in [9.17, 15) is 4.79 Å². The summed E-state index contributed by atoms with van der Waals surface area (Å²) in [7, 11) is 1.38. The Morgan fingerprint density at radius 3 is 2.64 bits per heavy atom. The zero-order valence-electron chi connectivity index (χ0n) is 12.2. The fraction of sp³-hybridized carbons (Fsp3) is 0.111. The molecule has 1 heterocycles. The monoisotopic (exact) mass is 292 g/mol. The average molecular weight is 292 g/mol. The van der Waals surface area contributed by atoms with Crippen LogP contribution in [0, 0.1) is 0 Å². The molecule has 0 unspecified atom stereocenters. The molecule has 3 aromatic rings. The number of hydrogen-bond donors (Lipinski definition) is 1. The predicted octanol–water partition coefficient (Wildman–Crippen LogP) is 3.63. The van der Waals surface area contributed by atoms with E-state index in [-0.39, 0.29) is 5.97 Å². The number of para-hydroxylation sites is 1. The Balaban J connectivity index is 1.75. The van der Waals surface area contributed by atoms with E-state index in [2.05, 4.69) is 33.2 Å². The molecule has 0 aliphatic carbocycles. The Kier molecular flexibility index (Phi) is 4.01. The smallest absolute Gasteiger partial charge is 0.337 e. The van der Waals surface area contributed by atoms with Crippen molar-refractivity contribution in [2.75, 3.05) is 12.4 Å². The van der Waals surface area contributed by atoms with Crippen LogP contribution in [0.3, 0.4) is 0 Å². The first-order chi connectivity index (χ1) is 10.8. The first-order valence-electron chi connectivity index (χ1n) is 7.03. The van der Waals surface area contributed by atoms with Crippen molar-refractivity contribution in [3.63, 3.8) is 0 Å². The summed E-state index contributed by atoms with van der Waals surface area (Å²) in [5, 5.41) is 4.47. The number of nitrogens with one attached hydrogen (secondary N) is 1. The van der Waals surface area contributed by atoms with Gasteiger partial charge in [0.2, 0.25) is 0 Å². The number of hydrogen-bond acceptors (Lipinski definition) is 4. The fourth-order valence-corrected chi connectivity index (χ4v) is 2.35. The Hall–Kier alpha value is -2.88. The third-order valence-electron chi connectivity index (χ3n) is 3.51. The highest BCUT2D eigenvalue weighted by molar-refractivity contribution is 5.89. The molecule has 22 heavy (non-hydrogen) atoms. The highest BCUT2D eigenvalue weighted by Gasteiger charge is 2.05. The van der Waals surface area contributed by atoms with Crippen molar-refractivity contribution in [2.45, 2.75) is 6.54 Å². The van der Waals surface area contributed by atoms with Gasteiger partial charge in [-0.3, -0.25) is 4.98 Å². The summed E-state index contributed by atoms with van der Waals surface area (Å²) in [4.78, 5) is 15.8. The van der Waals surface area contributed by atoms with Crippen LogP contribution in [0.25, 0.3) is 10.9 Å². The SMILES string of the molecule is COC(=O)c1ccc(NCc2cccc3cccnc23)cc1. The molecule has 2 aromatic carbocycles. The standard InChI is InChI=1S/C18H16N2O2/c1-22-18(21)14-7-9-16(10-8-14)20-12-15-5-2-4-13-6-3-11-19-17(13)15/h2-11,20H,12H2,1H3. The summed E-state index contributed by atoms with van der Waals surface area (Å²) in [5.41, 5.74) is 3.62. The van der Waals surface area contributed by atoms with Crippen LogP contribution in [0.5, 0.6) is 0 Å². The van der Waals surface area contributed by atoms with Crippen LogP contribution in [-0.4, -0.2) is 18.1 Å². The van der Waals surface area contributed by atoms with Crippen LogP contribution in [0.4, 0.5) is 5.69 Å². The molecule has 3 rings (SSSR count). The molecular formula is C18H16N2O2. The van der Waals surface area contributed by atoms with Gasteiger partial charge in [0.05, 0.1) is 18.2 Å². The van der Waals surface area contributed by atoms with E-state index < -0.39 is 0 Å².